The molecule has 0 saturated carbocycles. The maximum atomic E-state index is 12.0. The molecule has 1 aromatic heterocycles. The second kappa shape index (κ2) is 6.68. The Morgan fingerprint density at radius 1 is 1.40 bits per heavy atom. The third-order valence-electron chi connectivity index (χ3n) is 2.48. The van der Waals surface area contributed by atoms with Crippen molar-refractivity contribution in [1.29, 1.82) is 0 Å². The van der Waals surface area contributed by atoms with E-state index in [2.05, 4.69) is 10.3 Å². The Hall–Kier alpha value is -1.65. The molecule has 2 aromatic rings. The van der Waals surface area contributed by atoms with Gasteiger partial charge in [0.25, 0.3) is 0 Å². The van der Waals surface area contributed by atoms with Crippen molar-refractivity contribution in [2.75, 3.05) is 5.32 Å². The first-order chi connectivity index (χ1) is 9.56. The van der Waals surface area contributed by atoms with Crippen LogP contribution in [0.15, 0.2) is 36.5 Å². The molecule has 0 radical (unpaired) electrons. The highest BCUT2D eigenvalue weighted by molar-refractivity contribution is 7.17. The minimum atomic E-state index is -0.0702. The number of carbonyl (C=O) groups is 1. The Balaban J connectivity index is 2.08. The minimum absolute atomic E-state index is 0.0702. The number of hydrogen-bond acceptors (Lipinski definition) is 4. The lowest BCUT2D eigenvalue weighted by Crippen LogP contribution is -2.08. The molecule has 0 aliphatic heterocycles. The van der Waals surface area contributed by atoms with Gasteiger partial charge in [0.1, 0.15) is 0 Å². The van der Waals surface area contributed by atoms with Crippen molar-refractivity contribution in [3.05, 3.63) is 52.0 Å². The number of halogens is 1. The van der Waals surface area contributed by atoms with Gasteiger partial charge < -0.3 is 5.32 Å². The van der Waals surface area contributed by atoms with Gasteiger partial charge in [0, 0.05) is 11.1 Å². The molecular weight excluding hydrogens is 292 g/mol. The van der Waals surface area contributed by atoms with Crippen molar-refractivity contribution in [3.63, 3.8) is 0 Å². The molecule has 0 unspecified atom stereocenters. The van der Waals surface area contributed by atoms with Crippen LogP contribution in [0.4, 0.5) is 5.13 Å². The molecule has 0 fully saturated rings. The summed E-state index contributed by atoms with van der Waals surface area (Å²) in [4.78, 5) is 16.8. The van der Waals surface area contributed by atoms with E-state index in [0.29, 0.717) is 15.9 Å². The van der Waals surface area contributed by atoms with Crippen molar-refractivity contribution in [3.8, 4) is 0 Å². The topological polar surface area (TPSA) is 42.0 Å². The zero-order valence-corrected chi connectivity index (χ0v) is 12.8. The predicted octanol–water partition coefficient (Wildman–Crippen LogP) is 4.51. The van der Waals surface area contributed by atoms with Crippen LogP contribution in [-0.2, 0) is 0 Å². The van der Waals surface area contributed by atoms with Gasteiger partial charge in [0.05, 0.1) is 11.1 Å². The zero-order chi connectivity index (χ0) is 14.5. The van der Waals surface area contributed by atoms with Crippen LogP contribution in [0.25, 0.3) is 6.08 Å². The lowest BCUT2D eigenvalue weighted by Gasteiger charge is -2.03. The van der Waals surface area contributed by atoms with Gasteiger partial charge in [0.2, 0.25) is 0 Å². The number of nitrogens with one attached hydrogen (secondary N) is 1. The molecule has 1 N–H and O–H groups in total. The van der Waals surface area contributed by atoms with E-state index in [-0.39, 0.29) is 5.78 Å². The van der Waals surface area contributed by atoms with Crippen LogP contribution in [0.3, 0.4) is 0 Å². The fourth-order valence-electron chi connectivity index (χ4n) is 1.56. The highest BCUT2D eigenvalue weighted by atomic mass is 35.5. The van der Waals surface area contributed by atoms with Crippen molar-refractivity contribution >= 4 is 39.9 Å². The number of nitrogens with zero attached hydrogens (tertiary/aromatic N) is 1. The number of allylic oxidation sites excluding steroid dienone is 1. The van der Waals surface area contributed by atoms with Crippen LogP contribution < -0.4 is 5.32 Å². The normalized spacial score (nSPS) is 11.2. The molecule has 20 heavy (non-hydrogen) atoms. The molecule has 0 saturated heterocycles. The molecule has 3 nitrogen and oxygen atoms in total. The molecule has 0 atom stereocenters. The highest BCUT2D eigenvalue weighted by Gasteiger charge is 2.08. The third kappa shape index (κ3) is 3.92. The number of benzene rings is 1. The van der Waals surface area contributed by atoms with Gasteiger partial charge in [-0.2, -0.15) is 0 Å². The standard InChI is InChI=1S/C15H15ClN2OS/c1-10(2)18-15-17-9-14(20-15)13(19)8-7-11-5-3-4-6-12(11)16/h3-10H,1-2H3,(H,17,18). The highest BCUT2D eigenvalue weighted by Crippen LogP contribution is 2.21. The first-order valence-electron chi connectivity index (χ1n) is 6.25. The Labute approximate surface area is 127 Å². The molecule has 2 rings (SSSR count). The molecule has 104 valence electrons. The third-order valence-corrected chi connectivity index (χ3v) is 3.77. The largest absolute Gasteiger partial charge is 0.359 e. The number of aromatic nitrogens is 1. The zero-order valence-electron chi connectivity index (χ0n) is 11.3. The average molecular weight is 307 g/mol. The van der Waals surface area contributed by atoms with E-state index >= 15 is 0 Å². The number of ketones is 1. The number of rotatable bonds is 5. The van der Waals surface area contributed by atoms with Crippen molar-refractivity contribution in [2.45, 2.75) is 19.9 Å². The summed E-state index contributed by atoms with van der Waals surface area (Å²) >= 11 is 7.39. The summed E-state index contributed by atoms with van der Waals surface area (Å²) in [5, 5.41) is 4.56. The van der Waals surface area contributed by atoms with Crippen LogP contribution in [0.1, 0.15) is 29.1 Å². The predicted molar refractivity (Wildman–Crippen MR) is 85.7 cm³/mol. The van der Waals surface area contributed by atoms with Crippen LogP contribution in [0.2, 0.25) is 5.02 Å². The summed E-state index contributed by atoms with van der Waals surface area (Å²) in [5.41, 5.74) is 0.826. The van der Waals surface area contributed by atoms with Gasteiger partial charge in [-0.25, -0.2) is 4.98 Å². The van der Waals surface area contributed by atoms with Crippen LogP contribution in [-0.4, -0.2) is 16.8 Å². The van der Waals surface area contributed by atoms with Crippen molar-refractivity contribution in [1.82, 2.24) is 4.98 Å². The van der Waals surface area contributed by atoms with Gasteiger partial charge in [-0.05, 0) is 37.6 Å². The van der Waals surface area contributed by atoms with Gasteiger partial charge in [0.15, 0.2) is 10.9 Å². The second-order valence-electron chi connectivity index (χ2n) is 4.55. The molecule has 0 aliphatic rings. The summed E-state index contributed by atoms with van der Waals surface area (Å²) in [6, 6.07) is 7.69. The molecule has 5 heteroatoms. The smallest absolute Gasteiger partial charge is 0.197 e. The summed E-state index contributed by atoms with van der Waals surface area (Å²) in [5.74, 6) is -0.0702. The van der Waals surface area contributed by atoms with E-state index in [1.807, 2.05) is 32.0 Å². The summed E-state index contributed by atoms with van der Waals surface area (Å²) in [6.07, 6.45) is 4.84. The van der Waals surface area contributed by atoms with Crippen molar-refractivity contribution in [2.24, 2.45) is 0 Å². The molecule has 1 heterocycles. The average Bonchev–Trinajstić information content (AvgIpc) is 2.85. The number of thiazole rings is 1. The Kier molecular flexibility index (Phi) is 4.93. The Morgan fingerprint density at radius 3 is 2.85 bits per heavy atom. The summed E-state index contributed by atoms with van der Waals surface area (Å²) in [6.45, 7) is 4.06. The van der Waals surface area contributed by atoms with Crippen LogP contribution >= 0.6 is 22.9 Å². The van der Waals surface area contributed by atoms with Crippen molar-refractivity contribution < 1.29 is 4.79 Å². The first kappa shape index (κ1) is 14.8. The van der Waals surface area contributed by atoms with Crippen LogP contribution in [0, 0.1) is 0 Å². The molecule has 0 aliphatic carbocycles. The summed E-state index contributed by atoms with van der Waals surface area (Å²) < 4.78 is 0. The lowest BCUT2D eigenvalue weighted by atomic mass is 10.2. The van der Waals surface area contributed by atoms with E-state index in [1.165, 1.54) is 17.4 Å². The number of carbonyl (C=O) groups excluding carboxylic acids is 1. The SMILES string of the molecule is CC(C)Nc1ncc(C(=O)C=Cc2ccccc2Cl)s1. The second-order valence-corrected chi connectivity index (χ2v) is 5.99. The first-order valence-corrected chi connectivity index (χ1v) is 7.45. The van der Waals surface area contributed by atoms with E-state index in [0.717, 1.165) is 10.7 Å². The van der Waals surface area contributed by atoms with E-state index in [1.54, 1.807) is 18.3 Å². The minimum Gasteiger partial charge on any atom is -0.359 e. The Morgan fingerprint density at radius 2 is 2.15 bits per heavy atom. The van der Waals surface area contributed by atoms with Gasteiger partial charge in [-0.1, -0.05) is 41.1 Å². The maximum absolute atomic E-state index is 12.0. The molecular formula is C15H15ClN2OS. The molecule has 0 bridgehead atoms. The van der Waals surface area contributed by atoms with Gasteiger partial charge >= 0.3 is 0 Å². The molecule has 0 amide bonds. The molecule has 1 aromatic carbocycles. The molecule has 0 spiro atoms. The fraction of sp³-hybridized carbons (Fsp3) is 0.200. The van der Waals surface area contributed by atoms with Gasteiger partial charge in [-0.15, -0.1) is 0 Å². The number of hydrogen-bond donors (Lipinski definition) is 1. The summed E-state index contributed by atoms with van der Waals surface area (Å²) in [7, 11) is 0. The van der Waals surface area contributed by atoms with Gasteiger partial charge in [-0.3, -0.25) is 4.79 Å². The fourth-order valence-corrected chi connectivity index (χ4v) is 2.64. The quantitative estimate of drug-likeness (QED) is 0.652. The number of anilines is 1. The lowest BCUT2D eigenvalue weighted by molar-refractivity contribution is 0.105. The Bertz CT molecular complexity index is 634. The van der Waals surface area contributed by atoms with E-state index in [9.17, 15) is 4.79 Å². The van der Waals surface area contributed by atoms with E-state index in [4.69, 9.17) is 11.6 Å². The van der Waals surface area contributed by atoms with Crippen LogP contribution in [0.5, 0.6) is 0 Å². The monoisotopic (exact) mass is 306 g/mol. The van der Waals surface area contributed by atoms with E-state index < -0.39 is 0 Å². The maximum Gasteiger partial charge on any atom is 0.197 e.